The zero-order valence-electron chi connectivity index (χ0n) is 50.6. The van der Waals surface area contributed by atoms with Gasteiger partial charge in [0.25, 0.3) is 0 Å². The summed E-state index contributed by atoms with van der Waals surface area (Å²) < 4.78 is 21.0. The van der Waals surface area contributed by atoms with E-state index in [-0.39, 0.29) is 72.5 Å². The van der Waals surface area contributed by atoms with E-state index in [1.807, 2.05) is 6.07 Å². The molecule has 0 fully saturated rings. The van der Waals surface area contributed by atoms with Crippen molar-refractivity contribution in [1.82, 2.24) is 19.1 Å². The summed E-state index contributed by atoms with van der Waals surface area (Å²) in [5, 5.41) is 12.9. The van der Waals surface area contributed by atoms with Gasteiger partial charge in [0.05, 0.1) is 33.6 Å². The van der Waals surface area contributed by atoms with Gasteiger partial charge in [-0.25, -0.2) is 9.37 Å². The number of hydrogen-bond acceptors (Lipinski definition) is 3. The first-order valence-corrected chi connectivity index (χ1v) is 28.9. The van der Waals surface area contributed by atoms with Crippen molar-refractivity contribution in [2.45, 2.75) is 158 Å². The molecule has 10 aromatic rings. The van der Waals surface area contributed by atoms with Crippen molar-refractivity contribution in [1.29, 1.82) is 0 Å². The second kappa shape index (κ2) is 22.1. The summed E-state index contributed by atoms with van der Waals surface area (Å²) in [6.07, 6.45) is 0. The standard InChI is InChI=1S/C74H80FN4O.Pt/c1-43(2)56-37-49(47-26-20-18-21-27-47)38-57(44(3)4)67(56)78-64-33-25-31-62(75)66(64)77-70(78)52-34-51(35-53(36-52)72(9,10)11)55-30-24-32-63-65(55)76-71(60-41-54(73(12,13)14)42-61(69(60)80)74(15,16)17)79(63)68-58(45(5)6)39-50(40-59(68)46(7)8)48-28-22-19-23-29-48;/h18-33,35-46,80H,1-17H3;/q-1;. The Morgan fingerprint density at radius 2 is 0.852 bits per heavy atom. The molecule has 0 bridgehead atoms. The number of rotatable bonds is 11. The quantitative estimate of drug-likeness (QED) is 0.131. The van der Waals surface area contributed by atoms with Gasteiger partial charge in [-0.2, -0.15) is 0 Å². The average Bonchev–Trinajstić information content (AvgIpc) is 4.23. The number of phenols is 1. The molecule has 0 saturated heterocycles. The predicted octanol–water partition coefficient (Wildman–Crippen LogP) is 20.7. The van der Waals surface area contributed by atoms with Crippen LogP contribution in [-0.4, -0.2) is 24.2 Å². The van der Waals surface area contributed by atoms with Gasteiger partial charge in [-0.1, -0.05) is 214 Å². The smallest absolute Gasteiger partial charge is 0.150 e. The van der Waals surface area contributed by atoms with Crippen LogP contribution in [0.1, 0.15) is 180 Å². The summed E-state index contributed by atoms with van der Waals surface area (Å²) in [5.74, 6) is 1.65. The molecule has 5 nitrogen and oxygen atoms in total. The molecule has 0 spiro atoms. The predicted molar refractivity (Wildman–Crippen MR) is 336 cm³/mol. The number of benzene rings is 8. The Labute approximate surface area is 496 Å². The first-order valence-electron chi connectivity index (χ1n) is 28.9. The fraction of sp³-hybridized carbons (Fsp3) is 0.324. The summed E-state index contributed by atoms with van der Waals surface area (Å²) in [6, 6.07) is 55.1. The second-order valence-corrected chi connectivity index (χ2v) is 26.5. The van der Waals surface area contributed by atoms with Crippen LogP contribution in [0.25, 0.3) is 89.6 Å². The third-order valence-corrected chi connectivity index (χ3v) is 16.1. The molecule has 1 N–H and O–H groups in total. The zero-order valence-corrected chi connectivity index (χ0v) is 52.9. The molecule has 0 atom stereocenters. The number of para-hydroxylation sites is 2. The van der Waals surface area contributed by atoms with Gasteiger partial charge >= 0.3 is 0 Å². The largest absolute Gasteiger partial charge is 0.507 e. The molecule has 0 aliphatic heterocycles. The number of imidazole rings is 2. The Morgan fingerprint density at radius 3 is 1.31 bits per heavy atom. The van der Waals surface area contributed by atoms with Gasteiger partial charge in [0, 0.05) is 32.3 Å². The third kappa shape index (κ3) is 11.0. The minimum Gasteiger partial charge on any atom is -0.507 e. The van der Waals surface area contributed by atoms with Crippen LogP contribution in [0, 0.1) is 11.9 Å². The number of hydrogen-bond donors (Lipinski definition) is 1. The van der Waals surface area contributed by atoms with Gasteiger partial charge in [-0.15, -0.1) is 29.3 Å². The molecule has 0 aliphatic carbocycles. The molecule has 0 aliphatic rings. The van der Waals surface area contributed by atoms with E-state index >= 15 is 4.39 Å². The number of fused-ring (bicyclic) bond motifs is 2. The van der Waals surface area contributed by atoms with E-state index < -0.39 is 0 Å². The summed E-state index contributed by atoms with van der Waals surface area (Å²) in [7, 11) is 0. The van der Waals surface area contributed by atoms with Gasteiger partial charge in [0.2, 0.25) is 0 Å². The first-order chi connectivity index (χ1) is 37.7. The van der Waals surface area contributed by atoms with Crippen molar-refractivity contribution in [2.75, 3.05) is 0 Å². The molecular formula is C74H80FN4OPt-. The van der Waals surface area contributed by atoms with E-state index in [9.17, 15) is 5.11 Å². The van der Waals surface area contributed by atoms with Crippen LogP contribution in [0.5, 0.6) is 5.75 Å². The van der Waals surface area contributed by atoms with Gasteiger partial charge in [-0.3, -0.25) is 9.55 Å². The molecule has 7 heteroatoms. The molecule has 420 valence electrons. The fourth-order valence-corrected chi connectivity index (χ4v) is 11.5. The molecule has 0 unspecified atom stereocenters. The normalized spacial score (nSPS) is 12.5. The number of phenolic OH excluding ortho intramolecular Hbond substituents is 1. The van der Waals surface area contributed by atoms with Crippen molar-refractivity contribution in [3.63, 3.8) is 0 Å². The second-order valence-electron chi connectivity index (χ2n) is 26.5. The number of aromatic hydroxyl groups is 1. The number of aromatic nitrogens is 4. The van der Waals surface area contributed by atoms with Crippen LogP contribution in [-0.2, 0) is 37.3 Å². The van der Waals surface area contributed by atoms with E-state index in [2.05, 4.69) is 260 Å². The maximum atomic E-state index is 16.5. The molecule has 0 amide bonds. The topological polar surface area (TPSA) is 55.9 Å². The molecular weight excluding hydrogens is 1170 g/mol. The molecule has 8 aromatic carbocycles. The average molecular weight is 1260 g/mol. The Bertz CT molecular complexity index is 3910. The molecule has 10 rings (SSSR count). The zero-order chi connectivity index (χ0) is 57.5. The maximum absolute atomic E-state index is 16.5. The van der Waals surface area contributed by atoms with Crippen molar-refractivity contribution in [3.8, 4) is 73.3 Å². The monoisotopic (exact) mass is 1250 g/mol. The Kier molecular flexibility index (Phi) is 16.0. The van der Waals surface area contributed by atoms with E-state index in [4.69, 9.17) is 9.97 Å². The van der Waals surface area contributed by atoms with Gasteiger partial charge in [0.15, 0.2) is 0 Å². The fourth-order valence-electron chi connectivity index (χ4n) is 11.5. The minimum atomic E-state index is -0.375. The van der Waals surface area contributed by atoms with Crippen molar-refractivity contribution >= 4 is 22.1 Å². The summed E-state index contributed by atoms with van der Waals surface area (Å²) in [4.78, 5) is 11.2. The molecule has 0 saturated carbocycles. The summed E-state index contributed by atoms with van der Waals surface area (Å²) >= 11 is 0. The van der Waals surface area contributed by atoms with Crippen LogP contribution in [0.3, 0.4) is 0 Å². The number of nitrogens with zero attached hydrogens (tertiary/aromatic N) is 4. The Morgan fingerprint density at radius 1 is 0.432 bits per heavy atom. The third-order valence-electron chi connectivity index (χ3n) is 16.1. The molecule has 2 aromatic heterocycles. The Balaban J connectivity index is 0.00000792. The molecule has 81 heavy (non-hydrogen) atoms. The van der Waals surface area contributed by atoms with Gasteiger partial charge < -0.3 is 9.67 Å². The van der Waals surface area contributed by atoms with Crippen molar-refractivity contribution in [3.05, 3.63) is 196 Å². The van der Waals surface area contributed by atoms with Crippen LogP contribution in [0.2, 0.25) is 0 Å². The van der Waals surface area contributed by atoms with Crippen LogP contribution in [0.15, 0.2) is 146 Å². The van der Waals surface area contributed by atoms with E-state index in [0.717, 1.165) is 83.6 Å². The van der Waals surface area contributed by atoms with E-state index in [0.29, 0.717) is 28.2 Å². The van der Waals surface area contributed by atoms with Crippen molar-refractivity contribution in [2.24, 2.45) is 0 Å². The SMILES string of the molecule is CC(C)c1cc(-c2ccccc2)cc(C(C)C)c1-n1c(-c2[c-]c(-c3cccc4c3nc(-c3cc(C(C)(C)C)cc(C(C)(C)C)c3O)n4-c3c(C(C)C)cc(-c4ccccc4)cc3C(C)C)cc(C(C)(C)C)c2)nc2c(F)cccc21.[Pt]. The number of halogens is 1. The van der Waals surface area contributed by atoms with Gasteiger partial charge in [0.1, 0.15) is 22.9 Å². The van der Waals surface area contributed by atoms with Crippen LogP contribution in [0.4, 0.5) is 4.39 Å². The maximum Gasteiger partial charge on any atom is 0.150 e. The van der Waals surface area contributed by atoms with E-state index in [1.165, 1.54) is 22.8 Å². The first kappa shape index (κ1) is 58.8. The van der Waals surface area contributed by atoms with E-state index in [1.54, 1.807) is 6.07 Å². The summed E-state index contributed by atoms with van der Waals surface area (Å²) in [6.45, 7) is 38.0. The van der Waals surface area contributed by atoms with Gasteiger partial charge in [-0.05, 0) is 139 Å². The molecule has 2 heterocycles. The summed E-state index contributed by atoms with van der Waals surface area (Å²) in [5.41, 5.74) is 19.4. The van der Waals surface area contributed by atoms with Crippen LogP contribution < -0.4 is 0 Å². The molecule has 0 radical (unpaired) electrons. The van der Waals surface area contributed by atoms with Crippen molar-refractivity contribution < 1.29 is 30.6 Å². The van der Waals surface area contributed by atoms with Crippen LogP contribution >= 0.6 is 0 Å². The Hall–Kier alpha value is -6.88. The minimum absolute atomic E-state index is 0.